The van der Waals surface area contributed by atoms with E-state index in [-0.39, 0.29) is 12.4 Å². The molecule has 0 spiro atoms. The maximum Gasteiger partial charge on any atom is 0.0143 e. The first-order valence-electron chi connectivity index (χ1n) is 11.2. The molecule has 1 fully saturated rings. The average molecular weight is 404 g/mol. The van der Waals surface area contributed by atoms with Gasteiger partial charge in [-0.3, -0.25) is 0 Å². The lowest BCUT2D eigenvalue weighted by molar-refractivity contribution is 0.0968. The Hall–Kier alpha value is -0.790. The molecule has 1 nitrogen and oxygen atoms in total. The smallest absolute Gasteiger partial charge is 0.0143 e. The van der Waals surface area contributed by atoms with Crippen LogP contribution >= 0.6 is 12.4 Å². The highest BCUT2D eigenvalue weighted by Crippen LogP contribution is 2.52. The molecule has 1 aliphatic heterocycles. The summed E-state index contributed by atoms with van der Waals surface area (Å²) in [4.78, 5) is 0. The van der Waals surface area contributed by atoms with Gasteiger partial charge in [-0.15, -0.1) is 12.4 Å². The fraction of sp³-hybridized carbons (Fsp3) is 0.692. The Balaban J connectivity index is 0.00000280. The van der Waals surface area contributed by atoms with Crippen molar-refractivity contribution < 1.29 is 0 Å². The Kier molecular flexibility index (Phi) is 7.84. The number of rotatable bonds is 5. The van der Waals surface area contributed by atoms with Gasteiger partial charge in [0.2, 0.25) is 0 Å². The molecule has 2 heteroatoms. The molecular weight excluding hydrogens is 362 g/mol. The fourth-order valence-electron chi connectivity index (χ4n) is 6.02. The molecule has 1 unspecified atom stereocenters. The Morgan fingerprint density at radius 1 is 1.07 bits per heavy atom. The largest absolute Gasteiger partial charge is 0.310 e. The van der Waals surface area contributed by atoms with Gasteiger partial charge in [0, 0.05) is 12.6 Å². The molecule has 1 aliphatic carbocycles. The lowest BCUT2D eigenvalue weighted by Crippen LogP contribution is -2.34. The molecule has 3 rings (SSSR count). The van der Waals surface area contributed by atoms with Gasteiger partial charge >= 0.3 is 0 Å². The Morgan fingerprint density at radius 2 is 1.75 bits per heavy atom. The summed E-state index contributed by atoms with van der Waals surface area (Å²) in [5, 5.41) is 3.71. The minimum atomic E-state index is 0. The summed E-state index contributed by atoms with van der Waals surface area (Å²) in [5.74, 6) is 0.684. The van der Waals surface area contributed by atoms with Gasteiger partial charge < -0.3 is 5.32 Å². The molecular formula is C26H42ClN. The molecule has 0 aromatic heterocycles. The maximum absolute atomic E-state index is 3.71. The zero-order chi connectivity index (χ0) is 19.7. The van der Waals surface area contributed by atoms with E-state index in [9.17, 15) is 0 Å². The first kappa shape index (κ1) is 23.5. The predicted octanol–water partition coefficient (Wildman–Crippen LogP) is 7.67. The van der Waals surface area contributed by atoms with Gasteiger partial charge in [-0.2, -0.15) is 0 Å². The maximum atomic E-state index is 3.71. The first-order valence-corrected chi connectivity index (χ1v) is 11.2. The number of hydrogen-bond donors (Lipinski definition) is 1. The molecule has 1 aromatic rings. The monoisotopic (exact) mass is 403 g/mol. The van der Waals surface area contributed by atoms with Crippen molar-refractivity contribution in [3.63, 3.8) is 0 Å². The zero-order valence-corrected chi connectivity index (χ0v) is 19.8. The molecule has 1 N–H and O–H groups in total. The standard InChI is InChI=1S/C26H41N.ClH/c1-7-8-9-22-15-20(12-13-27-22)23-11-10-19(2)14-24(23)21-16-25(3,4)18-26(5,6)17-21;/h10-12,14,21-22,27H,7-9,13,15-18H2,1-6H3;1H. The predicted molar refractivity (Wildman–Crippen MR) is 126 cm³/mol. The number of benzene rings is 1. The lowest BCUT2D eigenvalue weighted by atomic mass is 9.59. The third-order valence-electron chi connectivity index (χ3n) is 6.68. The van der Waals surface area contributed by atoms with Crippen LogP contribution in [0.5, 0.6) is 0 Å². The fourth-order valence-corrected chi connectivity index (χ4v) is 6.02. The van der Waals surface area contributed by atoms with Crippen LogP contribution in [-0.2, 0) is 0 Å². The second-order valence-electron chi connectivity index (χ2n) is 10.9. The van der Waals surface area contributed by atoms with Crippen molar-refractivity contribution in [1.82, 2.24) is 5.32 Å². The van der Waals surface area contributed by atoms with Gasteiger partial charge in [0.05, 0.1) is 0 Å². The van der Waals surface area contributed by atoms with Crippen molar-refractivity contribution in [3.05, 3.63) is 41.0 Å². The van der Waals surface area contributed by atoms with Crippen molar-refractivity contribution in [2.24, 2.45) is 10.8 Å². The molecule has 1 aromatic carbocycles. The summed E-state index contributed by atoms with van der Waals surface area (Å²) in [6.07, 6.45) is 11.5. The van der Waals surface area contributed by atoms with Crippen LogP contribution in [0.1, 0.15) is 102 Å². The molecule has 2 aliphatic rings. The zero-order valence-electron chi connectivity index (χ0n) is 19.0. The molecule has 0 bridgehead atoms. The van der Waals surface area contributed by atoms with Crippen LogP contribution in [0.2, 0.25) is 0 Å². The van der Waals surface area contributed by atoms with Crippen molar-refractivity contribution >= 4 is 18.0 Å². The molecule has 1 saturated carbocycles. The number of hydrogen-bond acceptors (Lipinski definition) is 1. The average Bonchev–Trinajstić information content (AvgIpc) is 2.57. The van der Waals surface area contributed by atoms with E-state index < -0.39 is 0 Å². The topological polar surface area (TPSA) is 12.0 Å². The first-order chi connectivity index (χ1) is 12.7. The highest BCUT2D eigenvalue weighted by molar-refractivity contribution is 5.85. The van der Waals surface area contributed by atoms with Gasteiger partial charge in [0.15, 0.2) is 0 Å². The van der Waals surface area contributed by atoms with Crippen molar-refractivity contribution in [1.29, 1.82) is 0 Å². The highest BCUT2D eigenvalue weighted by Gasteiger charge is 2.39. The van der Waals surface area contributed by atoms with Crippen molar-refractivity contribution in [2.45, 2.75) is 98.4 Å². The summed E-state index contributed by atoms with van der Waals surface area (Å²) in [5.41, 5.74) is 7.03. The molecule has 158 valence electrons. The van der Waals surface area contributed by atoms with Gasteiger partial charge in [-0.25, -0.2) is 0 Å². The van der Waals surface area contributed by atoms with Crippen LogP contribution in [0.25, 0.3) is 5.57 Å². The Morgan fingerprint density at radius 3 is 2.39 bits per heavy atom. The van der Waals surface area contributed by atoms with E-state index in [1.54, 1.807) is 16.7 Å². The van der Waals surface area contributed by atoms with E-state index in [1.807, 2.05) is 0 Å². The molecule has 0 amide bonds. The number of aryl methyl sites for hydroxylation is 1. The second-order valence-corrected chi connectivity index (χ2v) is 10.9. The molecule has 0 radical (unpaired) electrons. The molecule has 28 heavy (non-hydrogen) atoms. The summed E-state index contributed by atoms with van der Waals surface area (Å²) >= 11 is 0. The van der Waals surface area contributed by atoms with E-state index in [1.165, 1.54) is 50.5 Å². The van der Waals surface area contributed by atoms with Gasteiger partial charge in [-0.05, 0) is 72.5 Å². The van der Waals surface area contributed by atoms with Crippen LogP contribution in [0.4, 0.5) is 0 Å². The van der Waals surface area contributed by atoms with E-state index in [0.29, 0.717) is 22.8 Å². The molecule has 1 heterocycles. The van der Waals surface area contributed by atoms with Crippen LogP contribution in [-0.4, -0.2) is 12.6 Å². The minimum Gasteiger partial charge on any atom is -0.310 e. The van der Waals surface area contributed by atoms with Gasteiger partial charge in [-0.1, -0.05) is 77.3 Å². The summed E-state index contributed by atoms with van der Waals surface area (Å²) in [6.45, 7) is 15.5. The minimum absolute atomic E-state index is 0. The highest BCUT2D eigenvalue weighted by atomic mass is 35.5. The van der Waals surface area contributed by atoms with E-state index in [0.717, 1.165) is 6.54 Å². The van der Waals surface area contributed by atoms with Gasteiger partial charge in [0.1, 0.15) is 0 Å². The SMILES string of the molecule is CCCCC1CC(c2ccc(C)cc2C2CC(C)(C)CC(C)(C)C2)=CCN1.Cl. The van der Waals surface area contributed by atoms with E-state index in [4.69, 9.17) is 0 Å². The van der Waals surface area contributed by atoms with Crippen molar-refractivity contribution in [3.8, 4) is 0 Å². The second kappa shape index (κ2) is 9.35. The van der Waals surface area contributed by atoms with Crippen LogP contribution < -0.4 is 5.32 Å². The summed E-state index contributed by atoms with van der Waals surface area (Å²) in [6, 6.07) is 7.90. The Labute approximate surface area is 180 Å². The van der Waals surface area contributed by atoms with Crippen molar-refractivity contribution in [2.75, 3.05) is 6.54 Å². The van der Waals surface area contributed by atoms with E-state index in [2.05, 4.69) is 71.1 Å². The number of halogens is 1. The third kappa shape index (κ3) is 5.86. The normalized spacial score (nSPS) is 24.4. The quantitative estimate of drug-likeness (QED) is 0.531. The van der Waals surface area contributed by atoms with Crippen LogP contribution in [0, 0.1) is 17.8 Å². The molecule has 1 atom stereocenters. The third-order valence-corrected chi connectivity index (χ3v) is 6.68. The van der Waals surface area contributed by atoms with E-state index >= 15 is 0 Å². The molecule has 0 saturated heterocycles. The number of nitrogens with one attached hydrogen (secondary N) is 1. The van der Waals surface area contributed by atoms with Crippen LogP contribution in [0.15, 0.2) is 24.3 Å². The van der Waals surface area contributed by atoms with Crippen LogP contribution in [0.3, 0.4) is 0 Å². The number of unbranched alkanes of at least 4 members (excludes halogenated alkanes) is 1. The summed E-state index contributed by atoms with van der Waals surface area (Å²) in [7, 11) is 0. The lowest BCUT2D eigenvalue weighted by Gasteiger charge is -2.46. The summed E-state index contributed by atoms with van der Waals surface area (Å²) < 4.78 is 0. The van der Waals surface area contributed by atoms with Gasteiger partial charge in [0.25, 0.3) is 0 Å². The Bertz CT molecular complexity index is 670.